The van der Waals surface area contributed by atoms with Crippen LogP contribution in [0.1, 0.15) is 19.3 Å². The van der Waals surface area contributed by atoms with Crippen LogP contribution in [0.15, 0.2) is 29.2 Å². The molecule has 0 bridgehead atoms. The lowest BCUT2D eigenvalue weighted by Gasteiger charge is -2.39. The average Bonchev–Trinajstić information content (AvgIpc) is 2.36. The third-order valence-electron chi connectivity index (χ3n) is 3.62. The molecule has 0 amide bonds. The van der Waals surface area contributed by atoms with Gasteiger partial charge in [0.1, 0.15) is 4.90 Å². The predicted molar refractivity (Wildman–Crippen MR) is 76.7 cm³/mol. The highest BCUT2D eigenvalue weighted by molar-refractivity contribution is 7.89. The predicted octanol–water partition coefficient (Wildman–Crippen LogP) is 0.912. The quantitative estimate of drug-likeness (QED) is 0.814. The molecule has 0 heterocycles. The number of hydrogen-bond acceptors (Lipinski definition) is 4. The monoisotopic (exact) mass is 283 g/mol. The fourth-order valence-corrected chi connectivity index (χ4v) is 3.31. The lowest BCUT2D eigenvalue weighted by atomic mass is 9.91. The summed E-state index contributed by atoms with van der Waals surface area (Å²) in [6.07, 6.45) is 3.41. The number of para-hydroxylation sites is 1. The number of nitrogens with zero attached hydrogens (tertiary/aromatic N) is 1. The van der Waals surface area contributed by atoms with Gasteiger partial charge in [-0.15, -0.1) is 0 Å². The van der Waals surface area contributed by atoms with Gasteiger partial charge in [-0.25, -0.2) is 13.1 Å². The molecule has 0 spiro atoms. The SMILES string of the molecule is CNS(=O)(=O)c1ccccc1N(CCN)C1CCC1. The maximum Gasteiger partial charge on any atom is 0.242 e. The van der Waals surface area contributed by atoms with Gasteiger partial charge in [0, 0.05) is 19.1 Å². The van der Waals surface area contributed by atoms with E-state index in [1.54, 1.807) is 12.1 Å². The van der Waals surface area contributed by atoms with Crippen molar-refractivity contribution in [3.63, 3.8) is 0 Å². The molecular weight excluding hydrogens is 262 g/mol. The van der Waals surface area contributed by atoms with E-state index in [0.29, 0.717) is 24.0 Å². The van der Waals surface area contributed by atoms with Crippen LogP contribution in [0.5, 0.6) is 0 Å². The van der Waals surface area contributed by atoms with Gasteiger partial charge in [0.05, 0.1) is 5.69 Å². The molecule has 0 saturated heterocycles. The summed E-state index contributed by atoms with van der Waals surface area (Å²) < 4.78 is 26.6. The van der Waals surface area contributed by atoms with E-state index in [4.69, 9.17) is 5.73 Å². The molecule has 2 rings (SSSR count). The highest BCUT2D eigenvalue weighted by atomic mass is 32.2. The van der Waals surface area contributed by atoms with E-state index in [1.807, 2.05) is 12.1 Å². The zero-order valence-corrected chi connectivity index (χ0v) is 12.0. The van der Waals surface area contributed by atoms with E-state index in [1.165, 1.54) is 13.5 Å². The van der Waals surface area contributed by atoms with E-state index in [0.717, 1.165) is 18.5 Å². The minimum absolute atomic E-state index is 0.331. The van der Waals surface area contributed by atoms with Crippen molar-refractivity contribution in [3.8, 4) is 0 Å². The lowest BCUT2D eigenvalue weighted by molar-refractivity contribution is 0.386. The largest absolute Gasteiger partial charge is 0.366 e. The van der Waals surface area contributed by atoms with Gasteiger partial charge in [-0.3, -0.25) is 0 Å². The molecule has 106 valence electrons. The van der Waals surface area contributed by atoms with Crippen LogP contribution in [-0.4, -0.2) is 34.6 Å². The first kappa shape index (κ1) is 14.3. The van der Waals surface area contributed by atoms with Crippen molar-refractivity contribution in [2.75, 3.05) is 25.0 Å². The Balaban J connectivity index is 2.41. The summed E-state index contributed by atoms with van der Waals surface area (Å²) >= 11 is 0. The van der Waals surface area contributed by atoms with E-state index in [2.05, 4.69) is 9.62 Å². The van der Waals surface area contributed by atoms with Crippen molar-refractivity contribution in [3.05, 3.63) is 24.3 Å². The van der Waals surface area contributed by atoms with E-state index >= 15 is 0 Å². The van der Waals surface area contributed by atoms with Gasteiger partial charge in [-0.1, -0.05) is 12.1 Å². The van der Waals surface area contributed by atoms with Crippen LogP contribution >= 0.6 is 0 Å². The zero-order valence-electron chi connectivity index (χ0n) is 11.2. The summed E-state index contributed by atoms with van der Waals surface area (Å²) in [5.41, 5.74) is 6.42. The molecular formula is C13H21N3O2S. The van der Waals surface area contributed by atoms with E-state index in [-0.39, 0.29) is 0 Å². The van der Waals surface area contributed by atoms with Crippen molar-refractivity contribution in [1.29, 1.82) is 0 Å². The Morgan fingerprint density at radius 2 is 2.05 bits per heavy atom. The van der Waals surface area contributed by atoms with Crippen molar-refractivity contribution in [1.82, 2.24) is 4.72 Å². The Morgan fingerprint density at radius 1 is 1.37 bits per heavy atom. The van der Waals surface area contributed by atoms with Crippen LogP contribution < -0.4 is 15.4 Å². The van der Waals surface area contributed by atoms with Crippen LogP contribution in [0, 0.1) is 0 Å². The second-order valence-electron chi connectivity index (χ2n) is 4.74. The second kappa shape index (κ2) is 5.90. The smallest absolute Gasteiger partial charge is 0.242 e. The number of sulfonamides is 1. The number of anilines is 1. The summed E-state index contributed by atoms with van der Waals surface area (Å²) in [6, 6.07) is 7.53. The molecule has 1 aromatic carbocycles. The number of nitrogens with two attached hydrogens (primary N) is 1. The summed E-state index contributed by atoms with van der Waals surface area (Å²) in [7, 11) is -2.01. The molecule has 19 heavy (non-hydrogen) atoms. The number of benzene rings is 1. The Hall–Kier alpha value is -1.11. The molecule has 1 aliphatic carbocycles. The van der Waals surface area contributed by atoms with Crippen molar-refractivity contribution >= 4 is 15.7 Å². The van der Waals surface area contributed by atoms with Crippen LogP contribution in [-0.2, 0) is 10.0 Å². The molecule has 6 heteroatoms. The average molecular weight is 283 g/mol. The molecule has 5 nitrogen and oxygen atoms in total. The first-order valence-electron chi connectivity index (χ1n) is 6.59. The Morgan fingerprint density at radius 3 is 2.58 bits per heavy atom. The maximum absolute atomic E-state index is 12.1. The molecule has 0 unspecified atom stereocenters. The molecule has 3 N–H and O–H groups in total. The molecule has 0 atom stereocenters. The molecule has 0 radical (unpaired) electrons. The zero-order chi connectivity index (χ0) is 13.9. The maximum atomic E-state index is 12.1. The van der Waals surface area contributed by atoms with Crippen LogP contribution in [0.4, 0.5) is 5.69 Å². The lowest BCUT2D eigenvalue weighted by Crippen LogP contribution is -2.43. The van der Waals surface area contributed by atoms with Gasteiger partial charge in [-0.2, -0.15) is 0 Å². The standard InChI is InChI=1S/C13H21N3O2S/c1-15-19(17,18)13-8-3-2-7-12(13)16(10-9-14)11-5-4-6-11/h2-3,7-8,11,15H,4-6,9-10,14H2,1H3. The van der Waals surface area contributed by atoms with Gasteiger partial charge in [0.2, 0.25) is 10.0 Å². The molecule has 0 aromatic heterocycles. The first-order chi connectivity index (χ1) is 9.10. The Labute approximate surface area is 114 Å². The normalized spacial score (nSPS) is 16.1. The molecule has 1 aromatic rings. The summed E-state index contributed by atoms with van der Waals surface area (Å²) in [4.78, 5) is 2.46. The summed E-state index contributed by atoms with van der Waals surface area (Å²) in [6.45, 7) is 1.20. The van der Waals surface area contributed by atoms with Crippen molar-refractivity contribution in [2.24, 2.45) is 5.73 Å². The number of hydrogen-bond donors (Lipinski definition) is 2. The van der Waals surface area contributed by atoms with Crippen LogP contribution in [0.25, 0.3) is 0 Å². The fraction of sp³-hybridized carbons (Fsp3) is 0.538. The Kier molecular flexibility index (Phi) is 4.44. The first-order valence-corrected chi connectivity index (χ1v) is 8.07. The van der Waals surface area contributed by atoms with Crippen molar-refractivity contribution in [2.45, 2.75) is 30.2 Å². The van der Waals surface area contributed by atoms with Crippen LogP contribution in [0.2, 0.25) is 0 Å². The molecule has 1 aliphatic rings. The van der Waals surface area contributed by atoms with Gasteiger partial charge in [-0.05, 0) is 38.4 Å². The van der Waals surface area contributed by atoms with E-state index < -0.39 is 10.0 Å². The third kappa shape index (κ3) is 2.91. The number of nitrogens with one attached hydrogen (secondary N) is 1. The summed E-state index contributed by atoms with van der Waals surface area (Å²) in [5, 5.41) is 0. The molecule has 0 aliphatic heterocycles. The highest BCUT2D eigenvalue weighted by Gasteiger charge is 2.28. The van der Waals surface area contributed by atoms with E-state index in [9.17, 15) is 8.42 Å². The van der Waals surface area contributed by atoms with Gasteiger partial charge < -0.3 is 10.6 Å². The number of rotatable bonds is 6. The summed E-state index contributed by atoms with van der Waals surface area (Å²) in [5.74, 6) is 0. The van der Waals surface area contributed by atoms with Gasteiger partial charge in [0.15, 0.2) is 0 Å². The second-order valence-corrected chi connectivity index (χ2v) is 6.60. The van der Waals surface area contributed by atoms with Crippen molar-refractivity contribution < 1.29 is 8.42 Å². The minimum Gasteiger partial charge on any atom is -0.366 e. The minimum atomic E-state index is -3.44. The van der Waals surface area contributed by atoms with Gasteiger partial charge >= 0.3 is 0 Å². The molecule has 1 fully saturated rings. The van der Waals surface area contributed by atoms with Crippen LogP contribution in [0.3, 0.4) is 0 Å². The fourth-order valence-electron chi connectivity index (χ4n) is 2.37. The van der Waals surface area contributed by atoms with Gasteiger partial charge in [0.25, 0.3) is 0 Å². The topological polar surface area (TPSA) is 75.4 Å². The third-order valence-corrected chi connectivity index (χ3v) is 5.08. The Bertz CT molecular complexity index is 526. The molecule has 1 saturated carbocycles. The highest BCUT2D eigenvalue weighted by Crippen LogP contribution is 2.33.